The number of amides is 2. The molecule has 0 saturated heterocycles. The van der Waals surface area contributed by atoms with Crippen molar-refractivity contribution in [3.05, 3.63) is 58.9 Å². The zero-order valence-corrected chi connectivity index (χ0v) is 19.1. The molecule has 0 saturated carbocycles. The van der Waals surface area contributed by atoms with Crippen molar-refractivity contribution in [3.8, 4) is 5.75 Å². The van der Waals surface area contributed by atoms with Gasteiger partial charge >= 0.3 is 0 Å². The van der Waals surface area contributed by atoms with Gasteiger partial charge < -0.3 is 13.9 Å². The first-order valence-electron chi connectivity index (χ1n) is 10.6. The Labute approximate surface area is 187 Å². The fourth-order valence-corrected chi connectivity index (χ4v) is 4.17. The maximum absolute atomic E-state index is 13.2. The molecule has 1 aromatic carbocycles. The van der Waals surface area contributed by atoms with Gasteiger partial charge in [-0.15, -0.1) is 11.8 Å². The van der Waals surface area contributed by atoms with Crippen molar-refractivity contribution in [2.75, 3.05) is 26.4 Å². The SMILES string of the molecule is CCOCCCN1C(=O)C(SCc2ccco2)=C(c2ccc(OCC(C)C)cc2)C1=O. The summed E-state index contributed by atoms with van der Waals surface area (Å²) in [6, 6.07) is 11.0. The van der Waals surface area contributed by atoms with Crippen molar-refractivity contribution in [3.63, 3.8) is 0 Å². The van der Waals surface area contributed by atoms with Gasteiger partial charge in [0, 0.05) is 19.8 Å². The number of ether oxygens (including phenoxy) is 2. The highest BCUT2D eigenvalue weighted by Crippen LogP contribution is 2.38. The maximum Gasteiger partial charge on any atom is 0.267 e. The number of hydrogen-bond donors (Lipinski definition) is 0. The molecule has 3 rings (SSSR count). The van der Waals surface area contributed by atoms with Crippen LogP contribution in [0.2, 0.25) is 0 Å². The second kappa shape index (κ2) is 11.2. The van der Waals surface area contributed by atoms with Gasteiger partial charge in [-0.1, -0.05) is 26.0 Å². The molecule has 0 aliphatic carbocycles. The van der Waals surface area contributed by atoms with Crippen LogP contribution in [0, 0.1) is 5.92 Å². The number of nitrogens with zero attached hydrogens (tertiary/aromatic N) is 1. The number of hydrogen-bond acceptors (Lipinski definition) is 6. The molecule has 2 heterocycles. The Hall–Kier alpha value is -2.51. The Morgan fingerprint density at radius 2 is 1.87 bits per heavy atom. The summed E-state index contributed by atoms with van der Waals surface area (Å²) in [5.74, 6) is 1.88. The van der Waals surface area contributed by atoms with Gasteiger partial charge in [-0.25, -0.2) is 0 Å². The van der Waals surface area contributed by atoms with Crippen molar-refractivity contribution in [1.29, 1.82) is 0 Å². The molecule has 0 bridgehead atoms. The fraction of sp³-hybridized carbons (Fsp3) is 0.417. The third kappa shape index (κ3) is 6.02. The lowest BCUT2D eigenvalue weighted by molar-refractivity contribution is -0.136. The number of benzene rings is 1. The molecule has 0 atom stereocenters. The van der Waals surface area contributed by atoms with Gasteiger partial charge in [0.2, 0.25) is 0 Å². The summed E-state index contributed by atoms with van der Waals surface area (Å²) in [5.41, 5.74) is 1.15. The van der Waals surface area contributed by atoms with E-state index in [1.165, 1.54) is 16.7 Å². The zero-order valence-electron chi connectivity index (χ0n) is 18.3. The highest BCUT2D eigenvalue weighted by Gasteiger charge is 2.38. The normalized spacial score (nSPS) is 14.3. The lowest BCUT2D eigenvalue weighted by Gasteiger charge is -2.15. The van der Waals surface area contributed by atoms with Gasteiger partial charge in [0.1, 0.15) is 11.5 Å². The Bertz CT molecular complexity index is 903. The van der Waals surface area contributed by atoms with Gasteiger partial charge in [0.25, 0.3) is 11.8 Å². The first-order chi connectivity index (χ1) is 15.0. The van der Waals surface area contributed by atoms with Gasteiger partial charge in [-0.05, 0) is 49.1 Å². The van der Waals surface area contributed by atoms with Crippen LogP contribution in [0.15, 0.2) is 52.0 Å². The highest BCUT2D eigenvalue weighted by atomic mass is 32.2. The largest absolute Gasteiger partial charge is 0.493 e. The van der Waals surface area contributed by atoms with E-state index >= 15 is 0 Å². The van der Waals surface area contributed by atoms with Crippen molar-refractivity contribution in [2.45, 2.75) is 32.9 Å². The molecule has 2 aromatic rings. The molecule has 2 amide bonds. The molecule has 0 spiro atoms. The first kappa shape index (κ1) is 23.2. The molecular formula is C24H29NO5S. The van der Waals surface area contributed by atoms with Crippen molar-refractivity contribution >= 4 is 29.1 Å². The number of furan rings is 1. The second-order valence-electron chi connectivity index (χ2n) is 7.61. The summed E-state index contributed by atoms with van der Waals surface area (Å²) in [4.78, 5) is 28.1. The van der Waals surface area contributed by atoms with Crippen LogP contribution < -0.4 is 4.74 Å². The van der Waals surface area contributed by atoms with E-state index in [0.717, 1.165) is 11.5 Å². The van der Waals surface area contributed by atoms with Crippen molar-refractivity contribution < 1.29 is 23.5 Å². The Morgan fingerprint density at radius 1 is 1.10 bits per heavy atom. The van der Waals surface area contributed by atoms with E-state index in [2.05, 4.69) is 13.8 Å². The van der Waals surface area contributed by atoms with Crippen LogP contribution in [0.4, 0.5) is 0 Å². The second-order valence-corrected chi connectivity index (χ2v) is 8.60. The summed E-state index contributed by atoms with van der Waals surface area (Å²) in [7, 11) is 0. The van der Waals surface area contributed by atoms with Crippen LogP contribution in [0.5, 0.6) is 5.75 Å². The number of carbonyl (C=O) groups is 2. The average Bonchev–Trinajstić information content (AvgIpc) is 3.36. The van der Waals surface area contributed by atoms with Crippen LogP contribution in [0.1, 0.15) is 38.5 Å². The Kier molecular flexibility index (Phi) is 8.37. The number of imide groups is 1. The standard InChI is InChI=1S/C24H29NO5S/c1-4-28-13-6-12-25-23(26)21(18-8-10-19(11-9-18)30-15-17(2)3)22(24(25)27)31-16-20-7-5-14-29-20/h5,7-11,14,17H,4,6,12-13,15-16H2,1-3H3. The minimum Gasteiger partial charge on any atom is -0.493 e. The summed E-state index contributed by atoms with van der Waals surface area (Å²) in [6.45, 7) is 8.18. The van der Waals surface area contributed by atoms with E-state index < -0.39 is 0 Å². The first-order valence-corrected chi connectivity index (χ1v) is 11.6. The predicted octanol–water partition coefficient (Wildman–Crippen LogP) is 4.75. The Balaban J connectivity index is 1.81. The van der Waals surface area contributed by atoms with Gasteiger partial charge in [0.15, 0.2) is 0 Å². The van der Waals surface area contributed by atoms with Gasteiger partial charge in [-0.2, -0.15) is 0 Å². The van der Waals surface area contributed by atoms with E-state index in [1.54, 1.807) is 6.26 Å². The topological polar surface area (TPSA) is 69.0 Å². The van der Waals surface area contributed by atoms with E-state index in [9.17, 15) is 9.59 Å². The van der Waals surface area contributed by atoms with Crippen molar-refractivity contribution in [2.24, 2.45) is 5.92 Å². The molecule has 0 radical (unpaired) electrons. The van der Waals surface area contributed by atoms with Crippen LogP contribution in [-0.4, -0.2) is 43.1 Å². The van der Waals surface area contributed by atoms with Crippen LogP contribution in [-0.2, 0) is 20.1 Å². The maximum atomic E-state index is 13.2. The molecule has 7 heteroatoms. The average molecular weight is 444 g/mol. The monoisotopic (exact) mass is 443 g/mol. The molecule has 1 aliphatic heterocycles. The summed E-state index contributed by atoms with van der Waals surface area (Å²) >= 11 is 1.33. The van der Waals surface area contributed by atoms with Gasteiger partial charge in [0.05, 0.1) is 29.1 Å². The minimum absolute atomic E-state index is 0.256. The number of rotatable bonds is 12. The minimum atomic E-state index is -0.265. The van der Waals surface area contributed by atoms with Crippen LogP contribution >= 0.6 is 11.8 Å². The van der Waals surface area contributed by atoms with Gasteiger partial charge in [-0.3, -0.25) is 14.5 Å². The third-order valence-corrected chi connectivity index (χ3v) is 5.76. The lowest BCUT2D eigenvalue weighted by Crippen LogP contribution is -2.33. The van der Waals surface area contributed by atoms with E-state index in [-0.39, 0.29) is 11.8 Å². The predicted molar refractivity (Wildman–Crippen MR) is 122 cm³/mol. The molecule has 1 aromatic heterocycles. The van der Waals surface area contributed by atoms with Crippen LogP contribution in [0.3, 0.4) is 0 Å². The summed E-state index contributed by atoms with van der Waals surface area (Å²) in [5, 5.41) is 0. The molecule has 31 heavy (non-hydrogen) atoms. The van der Waals surface area contributed by atoms with E-state index in [4.69, 9.17) is 13.9 Å². The lowest BCUT2D eigenvalue weighted by atomic mass is 10.1. The quantitative estimate of drug-likeness (QED) is 0.348. The van der Waals surface area contributed by atoms with Crippen molar-refractivity contribution in [1.82, 2.24) is 4.90 Å². The van der Waals surface area contributed by atoms with Crippen LogP contribution in [0.25, 0.3) is 5.57 Å². The smallest absolute Gasteiger partial charge is 0.267 e. The molecule has 0 unspecified atom stereocenters. The molecule has 6 nitrogen and oxygen atoms in total. The molecule has 166 valence electrons. The summed E-state index contributed by atoms with van der Waals surface area (Å²) < 4.78 is 16.5. The number of thioether (sulfide) groups is 1. The fourth-order valence-electron chi connectivity index (χ4n) is 3.13. The zero-order chi connectivity index (χ0) is 22.2. The van der Waals surface area contributed by atoms with E-state index in [0.29, 0.717) is 60.5 Å². The summed E-state index contributed by atoms with van der Waals surface area (Å²) in [6.07, 6.45) is 2.21. The molecule has 0 N–H and O–H groups in total. The number of carbonyl (C=O) groups excluding carboxylic acids is 2. The molecule has 0 fully saturated rings. The molecular weight excluding hydrogens is 414 g/mol. The van der Waals surface area contributed by atoms with E-state index in [1.807, 2.05) is 43.3 Å². The highest BCUT2D eigenvalue weighted by molar-refractivity contribution is 8.03. The molecule has 1 aliphatic rings. The Morgan fingerprint density at radius 3 is 2.52 bits per heavy atom. The third-order valence-electron chi connectivity index (χ3n) is 4.67.